The summed E-state index contributed by atoms with van der Waals surface area (Å²) >= 11 is 0. The molecule has 1 unspecified atom stereocenters. The normalized spacial score (nSPS) is 14.1. The lowest BCUT2D eigenvalue weighted by atomic mass is 10.1. The Morgan fingerprint density at radius 3 is 2.82 bits per heavy atom. The highest BCUT2D eigenvalue weighted by atomic mass is 19.1. The molecule has 0 saturated carbocycles. The van der Waals surface area contributed by atoms with Gasteiger partial charge in [-0.1, -0.05) is 19.1 Å². The molecule has 0 bridgehead atoms. The topological polar surface area (TPSA) is 55.1 Å². The molecule has 0 aromatic heterocycles. The lowest BCUT2D eigenvalue weighted by Crippen LogP contribution is -2.32. The minimum absolute atomic E-state index is 0.101. The molecule has 0 saturated heterocycles. The number of nitrogens with two attached hydrogens (primary N) is 1. The Morgan fingerprint density at radius 2 is 2.24 bits per heavy atom. The molecule has 0 aliphatic rings. The number of hydrogen-bond donors (Lipinski definition) is 2. The summed E-state index contributed by atoms with van der Waals surface area (Å²) in [6.07, 6.45) is 1.07. The molecule has 0 fully saturated rings. The molecule has 1 rings (SSSR count). The molecule has 3 N–H and O–H groups in total. The highest BCUT2D eigenvalue weighted by molar-refractivity contribution is 5.77. The SMILES string of the molecule is CCC(N)CC(=O)N[C@@H](C)c1cccc(F)c1. The molecule has 0 spiro atoms. The van der Waals surface area contributed by atoms with Gasteiger partial charge in [-0.15, -0.1) is 0 Å². The fraction of sp³-hybridized carbons (Fsp3) is 0.462. The third-order valence-corrected chi connectivity index (χ3v) is 2.70. The third kappa shape index (κ3) is 4.53. The van der Waals surface area contributed by atoms with Gasteiger partial charge in [0.2, 0.25) is 5.91 Å². The van der Waals surface area contributed by atoms with E-state index < -0.39 is 0 Å². The number of halogens is 1. The summed E-state index contributed by atoms with van der Waals surface area (Å²) in [5, 5.41) is 2.80. The van der Waals surface area contributed by atoms with Gasteiger partial charge in [0.25, 0.3) is 0 Å². The highest BCUT2D eigenvalue weighted by Crippen LogP contribution is 2.13. The first-order valence-corrected chi connectivity index (χ1v) is 5.83. The molecule has 2 atom stereocenters. The van der Waals surface area contributed by atoms with E-state index >= 15 is 0 Å². The maximum Gasteiger partial charge on any atom is 0.222 e. The first kappa shape index (κ1) is 13.6. The molecule has 0 heterocycles. The van der Waals surface area contributed by atoms with Crippen molar-refractivity contribution in [3.8, 4) is 0 Å². The van der Waals surface area contributed by atoms with E-state index in [0.717, 1.165) is 12.0 Å². The lowest BCUT2D eigenvalue weighted by Gasteiger charge is -2.16. The third-order valence-electron chi connectivity index (χ3n) is 2.70. The van der Waals surface area contributed by atoms with Crippen LogP contribution in [0.2, 0.25) is 0 Å². The predicted molar refractivity (Wildman–Crippen MR) is 65.8 cm³/mol. The minimum atomic E-state index is -0.297. The quantitative estimate of drug-likeness (QED) is 0.825. The number of carbonyl (C=O) groups is 1. The number of amides is 1. The van der Waals surface area contributed by atoms with Gasteiger partial charge in [0.1, 0.15) is 5.82 Å². The summed E-state index contributed by atoms with van der Waals surface area (Å²) < 4.78 is 13.0. The van der Waals surface area contributed by atoms with E-state index in [1.807, 2.05) is 13.8 Å². The molecular weight excluding hydrogens is 219 g/mol. The van der Waals surface area contributed by atoms with Crippen LogP contribution >= 0.6 is 0 Å². The highest BCUT2D eigenvalue weighted by Gasteiger charge is 2.12. The lowest BCUT2D eigenvalue weighted by molar-refractivity contribution is -0.122. The Morgan fingerprint density at radius 1 is 1.53 bits per heavy atom. The Kier molecular flexibility index (Phi) is 5.10. The standard InChI is InChI=1S/C13H19FN2O/c1-3-12(15)8-13(17)16-9(2)10-5-4-6-11(14)7-10/h4-7,9,12H,3,8,15H2,1-2H3,(H,16,17)/t9-,12?/m0/s1. The van der Waals surface area contributed by atoms with Crippen LogP contribution in [0.3, 0.4) is 0 Å². The smallest absolute Gasteiger partial charge is 0.222 e. The summed E-state index contributed by atoms with van der Waals surface area (Å²) in [4.78, 5) is 11.6. The van der Waals surface area contributed by atoms with Gasteiger partial charge in [0, 0.05) is 12.5 Å². The van der Waals surface area contributed by atoms with Gasteiger partial charge in [0.05, 0.1) is 6.04 Å². The van der Waals surface area contributed by atoms with Crippen LogP contribution < -0.4 is 11.1 Å². The van der Waals surface area contributed by atoms with Gasteiger partial charge in [-0.05, 0) is 31.0 Å². The number of rotatable bonds is 5. The fourth-order valence-electron chi connectivity index (χ4n) is 1.54. The largest absolute Gasteiger partial charge is 0.350 e. The van der Waals surface area contributed by atoms with Crippen molar-refractivity contribution in [3.63, 3.8) is 0 Å². The van der Waals surface area contributed by atoms with E-state index in [0.29, 0.717) is 6.42 Å². The molecule has 94 valence electrons. The second-order valence-electron chi connectivity index (χ2n) is 4.22. The number of nitrogens with one attached hydrogen (secondary N) is 1. The number of hydrogen-bond acceptors (Lipinski definition) is 2. The van der Waals surface area contributed by atoms with Crippen LogP contribution in [0.5, 0.6) is 0 Å². The van der Waals surface area contributed by atoms with E-state index in [1.54, 1.807) is 12.1 Å². The van der Waals surface area contributed by atoms with Crippen LogP contribution in [0.15, 0.2) is 24.3 Å². The van der Waals surface area contributed by atoms with Crippen molar-refractivity contribution < 1.29 is 9.18 Å². The minimum Gasteiger partial charge on any atom is -0.350 e. The summed E-state index contributed by atoms with van der Waals surface area (Å²) in [7, 11) is 0. The van der Waals surface area contributed by atoms with Crippen molar-refractivity contribution in [2.75, 3.05) is 0 Å². The fourth-order valence-corrected chi connectivity index (χ4v) is 1.54. The maximum atomic E-state index is 13.0. The molecule has 0 aliphatic heterocycles. The molecule has 0 aliphatic carbocycles. The number of benzene rings is 1. The molecule has 1 aromatic rings. The van der Waals surface area contributed by atoms with Crippen LogP contribution in [0.25, 0.3) is 0 Å². The Labute approximate surface area is 101 Å². The average molecular weight is 238 g/mol. The maximum absolute atomic E-state index is 13.0. The zero-order chi connectivity index (χ0) is 12.8. The van der Waals surface area contributed by atoms with E-state index in [1.165, 1.54) is 12.1 Å². The van der Waals surface area contributed by atoms with Crippen molar-refractivity contribution in [1.29, 1.82) is 0 Å². The van der Waals surface area contributed by atoms with Gasteiger partial charge in [-0.3, -0.25) is 4.79 Å². The summed E-state index contributed by atoms with van der Waals surface area (Å²) in [6.45, 7) is 3.76. The van der Waals surface area contributed by atoms with E-state index in [-0.39, 0.29) is 23.8 Å². The first-order chi connectivity index (χ1) is 8.02. The van der Waals surface area contributed by atoms with E-state index in [9.17, 15) is 9.18 Å². The Bertz CT molecular complexity index is 381. The molecule has 3 nitrogen and oxygen atoms in total. The van der Waals surface area contributed by atoms with E-state index in [4.69, 9.17) is 5.73 Å². The van der Waals surface area contributed by atoms with Crippen molar-refractivity contribution >= 4 is 5.91 Å². The van der Waals surface area contributed by atoms with Crippen LogP contribution in [0, 0.1) is 5.82 Å². The van der Waals surface area contributed by atoms with Gasteiger partial charge < -0.3 is 11.1 Å². The molecule has 17 heavy (non-hydrogen) atoms. The van der Waals surface area contributed by atoms with Crippen molar-refractivity contribution in [2.45, 2.75) is 38.8 Å². The molecule has 4 heteroatoms. The summed E-state index contributed by atoms with van der Waals surface area (Å²) in [5.41, 5.74) is 6.44. The molecule has 1 aromatic carbocycles. The summed E-state index contributed by atoms with van der Waals surface area (Å²) in [5.74, 6) is -0.398. The van der Waals surface area contributed by atoms with Crippen LogP contribution in [0.4, 0.5) is 4.39 Å². The first-order valence-electron chi connectivity index (χ1n) is 5.83. The zero-order valence-electron chi connectivity index (χ0n) is 10.2. The van der Waals surface area contributed by atoms with Crippen molar-refractivity contribution in [1.82, 2.24) is 5.32 Å². The molecule has 1 amide bonds. The van der Waals surface area contributed by atoms with Gasteiger partial charge in [0.15, 0.2) is 0 Å². The summed E-state index contributed by atoms with van der Waals surface area (Å²) in [6, 6.07) is 5.89. The van der Waals surface area contributed by atoms with Crippen LogP contribution in [0.1, 0.15) is 38.3 Å². The Balaban J connectivity index is 2.54. The predicted octanol–water partition coefficient (Wildman–Crippen LogP) is 2.13. The van der Waals surface area contributed by atoms with Crippen LogP contribution in [-0.2, 0) is 4.79 Å². The second-order valence-corrected chi connectivity index (χ2v) is 4.22. The van der Waals surface area contributed by atoms with Crippen molar-refractivity contribution in [2.24, 2.45) is 5.73 Å². The van der Waals surface area contributed by atoms with Gasteiger partial charge in [-0.2, -0.15) is 0 Å². The Hall–Kier alpha value is -1.42. The average Bonchev–Trinajstić information content (AvgIpc) is 2.28. The zero-order valence-corrected chi connectivity index (χ0v) is 10.2. The van der Waals surface area contributed by atoms with E-state index in [2.05, 4.69) is 5.32 Å². The monoisotopic (exact) mass is 238 g/mol. The molecule has 0 radical (unpaired) electrons. The number of carbonyl (C=O) groups excluding carboxylic acids is 1. The van der Waals surface area contributed by atoms with Crippen LogP contribution in [-0.4, -0.2) is 11.9 Å². The van der Waals surface area contributed by atoms with Gasteiger partial charge in [-0.25, -0.2) is 4.39 Å². The molecular formula is C13H19FN2O. The second kappa shape index (κ2) is 6.35. The van der Waals surface area contributed by atoms with Gasteiger partial charge >= 0.3 is 0 Å². The van der Waals surface area contributed by atoms with Crippen molar-refractivity contribution in [3.05, 3.63) is 35.6 Å².